The molecule has 1 aromatic heterocycles. The number of nitrogens with zero attached hydrogens (tertiary/aromatic N) is 3. The van der Waals surface area contributed by atoms with E-state index >= 15 is 0 Å². The van der Waals surface area contributed by atoms with Crippen LogP contribution in [0.1, 0.15) is 29.7 Å². The van der Waals surface area contributed by atoms with E-state index in [1.165, 1.54) is 6.07 Å². The molecule has 0 saturated carbocycles. The summed E-state index contributed by atoms with van der Waals surface area (Å²) in [6.07, 6.45) is 2.02. The summed E-state index contributed by atoms with van der Waals surface area (Å²) < 4.78 is 13.3. The molecule has 5 rings (SSSR count). The Labute approximate surface area is 151 Å². The van der Waals surface area contributed by atoms with Gasteiger partial charge in [-0.2, -0.15) is 0 Å². The molecule has 3 aliphatic heterocycles. The van der Waals surface area contributed by atoms with Crippen molar-refractivity contribution in [2.75, 3.05) is 13.1 Å². The number of rotatable bonds is 4. The van der Waals surface area contributed by atoms with Gasteiger partial charge in [-0.3, -0.25) is 9.69 Å². The van der Waals surface area contributed by atoms with Gasteiger partial charge < -0.3 is 4.90 Å². The van der Waals surface area contributed by atoms with E-state index < -0.39 is 0 Å². The fourth-order valence-corrected chi connectivity index (χ4v) is 4.58. The van der Waals surface area contributed by atoms with Crippen LogP contribution in [0.3, 0.4) is 0 Å². The van der Waals surface area contributed by atoms with Crippen molar-refractivity contribution in [1.82, 2.24) is 14.8 Å². The minimum Gasteiger partial charge on any atom is -0.332 e. The lowest BCUT2D eigenvalue weighted by molar-refractivity contribution is -0.140. The fraction of sp³-hybridized carbons (Fsp3) is 0.474. The second kappa shape index (κ2) is 6.84. The third kappa shape index (κ3) is 3.46. The molecule has 2 atom stereocenters. The molecule has 0 N–H and O–H groups in total. The Morgan fingerprint density at radius 1 is 1.28 bits per heavy atom. The zero-order valence-corrected chi connectivity index (χ0v) is 15.1. The highest BCUT2D eigenvalue weighted by Crippen LogP contribution is 2.31. The van der Waals surface area contributed by atoms with Crippen molar-refractivity contribution in [3.63, 3.8) is 0 Å². The molecule has 1 aromatic carbocycles. The van der Waals surface area contributed by atoms with Crippen molar-refractivity contribution in [2.45, 2.75) is 38.9 Å². The molecule has 25 heavy (non-hydrogen) atoms. The lowest BCUT2D eigenvalue weighted by Gasteiger charge is -2.35. The molecule has 1 amide bonds. The van der Waals surface area contributed by atoms with Crippen LogP contribution >= 0.6 is 11.3 Å². The standard InChI is InChI=1S/C19H22FN3OS/c1-13-6-16(20)4-2-14(13)7-22-8-15-3-5-18(10-22)23(19(15)24)9-17-11-25-12-21-17/h2,4,6,11-12,15,18H,3,5,7-10H2,1H3/t15-,18+/m1/s1. The predicted molar refractivity (Wildman–Crippen MR) is 95.6 cm³/mol. The van der Waals surface area contributed by atoms with Gasteiger partial charge >= 0.3 is 0 Å². The molecule has 4 heterocycles. The average Bonchev–Trinajstić information content (AvgIpc) is 2.96. The highest BCUT2D eigenvalue weighted by atomic mass is 32.1. The SMILES string of the molecule is Cc1cc(F)ccc1CN1C[C@H]2CC[C@@H](C1)N(Cc1cscn1)C2=O. The molecule has 3 aliphatic rings. The topological polar surface area (TPSA) is 36.4 Å². The van der Waals surface area contributed by atoms with Crippen molar-refractivity contribution < 1.29 is 9.18 Å². The Balaban J connectivity index is 1.51. The Bertz CT molecular complexity index is 764. The molecule has 0 spiro atoms. The summed E-state index contributed by atoms with van der Waals surface area (Å²) in [6, 6.07) is 5.22. The number of carbonyl (C=O) groups is 1. The number of aryl methyl sites for hydroxylation is 1. The largest absolute Gasteiger partial charge is 0.332 e. The van der Waals surface area contributed by atoms with Crippen LogP contribution in [0, 0.1) is 18.7 Å². The summed E-state index contributed by atoms with van der Waals surface area (Å²) in [7, 11) is 0. The number of halogens is 1. The molecule has 3 fully saturated rings. The Morgan fingerprint density at radius 3 is 2.92 bits per heavy atom. The van der Waals surface area contributed by atoms with E-state index in [1.54, 1.807) is 17.4 Å². The molecular weight excluding hydrogens is 337 g/mol. The van der Waals surface area contributed by atoms with Crippen LogP contribution in [0.4, 0.5) is 4.39 Å². The maximum atomic E-state index is 13.3. The third-order valence-electron chi connectivity index (χ3n) is 5.38. The molecule has 0 unspecified atom stereocenters. The minimum atomic E-state index is -0.193. The van der Waals surface area contributed by atoms with E-state index in [4.69, 9.17) is 0 Å². The Kier molecular flexibility index (Phi) is 4.56. The number of fused-ring (bicyclic) bond motifs is 4. The van der Waals surface area contributed by atoms with E-state index in [0.29, 0.717) is 6.54 Å². The number of piperidine rings is 1. The molecule has 6 heteroatoms. The highest BCUT2D eigenvalue weighted by Gasteiger charge is 2.40. The van der Waals surface area contributed by atoms with Gasteiger partial charge in [-0.1, -0.05) is 6.07 Å². The first-order valence-electron chi connectivity index (χ1n) is 8.75. The number of benzene rings is 1. The maximum absolute atomic E-state index is 13.3. The molecule has 2 aromatic rings. The highest BCUT2D eigenvalue weighted by molar-refractivity contribution is 7.07. The number of thiazole rings is 1. The first-order chi connectivity index (χ1) is 12.1. The lowest BCUT2D eigenvalue weighted by Crippen LogP contribution is -2.47. The van der Waals surface area contributed by atoms with Gasteiger partial charge in [-0.15, -0.1) is 11.3 Å². The molecular formula is C19H22FN3OS. The van der Waals surface area contributed by atoms with Gasteiger partial charge in [0.25, 0.3) is 0 Å². The maximum Gasteiger partial charge on any atom is 0.227 e. The van der Waals surface area contributed by atoms with Crippen LogP contribution in [-0.2, 0) is 17.9 Å². The van der Waals surface area contributed by atoms with Crippen LogP contribution < -0.4 is 0 Å². The average molecular weight is 359 g/mol. The third-order valence-corrected chi connectivity index (χ3v) is 6.02. The van der Waals surface area contributed by atoms with Gasteiger partial charge in [0.05, 0.1) is 23.7 Å². The number of hydrogen-bond acceptors (Lipinski definition) is 4. The zero-order valence-electron chi connectivity index (χ0n) is 14.3. The number of hydrogen-bond donors (Lipinski definition) is 0. The lowest BCUT2D eigenvalue weighted by atomic mass is 9.94. The summed E-state index contributed by atoms with van der Waals surface area (Å²) in [6.45, 7) is 5.01. The molecule has 0 radical (unpaired) electrons. The smallest absolute Gasteiger partial charge is 0.227 e. The summed E-state index contributed by atoms with van der Waals surface area (Å²) in [5, 5.41) is 2.02. The van der Waals surface area contributed by atoms with E-state index in [1.807, 2.05) is 28.8 Å². The van der Waals surface area contributed by atoms with Crippen LogP contribution in [0.25, 0.3) is 0 Å². The van der Waals surface area contributed by atoms with Crippen LogP contribution in [0.2, 0.25) is 0 Å². The van der Waals surface area contributed by atoms with E-state index in [2.05, 4.69) is 9.88 Å². The second-order valence-electron chi connectivity index (χ2n) is 7.14. The number of aromatic nitrogens is 1. The Morgan fingerprint density at radius 2 is 2.16 bits per heavy atom. The molecule has 0 aliphatic carbocycles. The molecule has 3 saturated heterocycles. The van der Waals surface area contributed by atoms with Crippen molar-refractivity contribution in [3.8, 4) is 0 Å². The van der Waals surface area contributed by atoms with Gasteiger partial charge in [0.1, 0.15) is 5.82 Å². The second-order valence-corrected chi connectivity index (χ2v) is 7.86. The normalized spacial score (nSPS) is 23.9. The quantitative estimate of drug-likeness (QED) is 0.841. The zero-order chi connectivity index (χ0) is 17.4. The molecule has 2 bridgehead atoms. The minimum absolute atomic E-state index is 0.0677. The van der Waals surface area contributed by atoms with Crippen molar-refractivity contribution in [3.05, 3.63) is 51.7 Å². The molecule has 132 valence electrons. The summed E-state index contributed by atoms with van der Waals surface area (Å²) in [4.78, 5) is 21.6. The van der Waals surface area contributed by atoms with Gasteiger partial charge in [0.15, 0.2) is 0 Å². The molecule has 4 nitrogen and oxygen atoms in total. The van der Waals surface area contributed by atoms with E-state index in [9.17, 15) is 9.18 Å². The van der Waals surface area contributed by atoms with E-state index in [0.717, 1.165) is 49.3 Å². The van der Waals surface area contributed by atoms with Gasteiger partial charge in [-0.05, 0) is 43.0 Å². The number of amides is 1. The monoisotopic (exact) mass is 359 g/mol. The summed E-state index contributed by atoms with van der Waals surface area (Å²) in [5.41, 5.74) is 4.91. The van der Waals surface area contributed by atoms with Crippen LogP contribution in [0.5, 0.6) is 0 Å². The first kappa shape index (κ1) is 16.7. The summed E-state index contributed by atoms with van der Waals surface area (Å²) >= 11 is 1.57. The van der Waals surface area contributed by atoms with Crippen LogP contribution in [-0.4, -0.2) is 39.8 Å². The predicted octanol–water partition coefficient (Wildman–Crippen LogP) is 3.21. The van der Waals surface area contributed by atoms with Gasteiger partial charge in [-0.25, -0.2) is 9.37 Å². The fourth-order valence-electron chi connectivity index (χ4n) is 4.03. The van der Waals surface area contributed by atoms with Crippen molar-refractivity contribution in [2.24, 2.45) is 5.92 Å². The van der Waals surface area contributed by atoms with Gasteiger partial charge in [0.2, 0.25) is 5.91 Å². The van der Waals surface area contributed by atoms with Crippen LogP contribution in [0.15, 0.2) is 29.1 Å². The van der Waals surface area contributed by atoms with Crippen molar-refractivity contribution >= 4 is 17.2 Å². The Hall–Kier alpha value is -1.79. The first-order valence-corrected chi connectivity index (χ1v) is 9.69. The van der Waals surface area contributed by atoms with Gasteiger partial charge in [0, 0.05) is 31.1 Å². The van der Waals surface area contributed by atoms with Crippen molar-refractivity contribution in [1.29, 1.82) is 0 Å². The number of carbonyl (C=O) groups excluding carboxylic acids is 1. The summed E-state index contributed by atoms with van der Waals surface area (Å²) in [5.74, 6) is 0.141. The van der Waals surface area contributed by atoms with E-state index in [-0.39, 0.29) is 23.7 Å².